The van der Waals surface area contributed by atoms with Gasteiger partial charge in [0.1, 0.15) is 5.15 Å². The minimum atomic E-state index is 0.268. The average molecular weight is 287 g/mol. The van der Waals surface area contributed by atoms with E-state index in [4.69, 9.17) is 34.8 Å². The second-order valence-electron chi connectivity index (χ2n) is 3.89. The fourth-order valence-corrected chi connectivity index (χ4v) is 2.14. The molecule has 2 rings (SSSR count). The summed E-state index contributed by atoms with van der Waals surface area (Å²) in [4.78, 5) is 4.21. The van der Waals surface area contributed by atoms with Gasteiger partial charge in [0.05, 0.1) is 15.7 Å². The number of nitrogens with zero attached hydrogens (tertiary/aromatic N) is 1. The van der Waals surface area contributed by atoms with Crippen molar-refractivity contribution in [3.05, 3.63) is 50.6 Å². The summed E-state index contributed by atoms with van der Waals surface area (Å²) in [6, 6.07) is 7.66. The molecule has 0 atom stereocenters. The summed E-state index contributed by atoms with van der Waals surface area (Å²) in [7, 11) is 0. The first kappa shape index (κ1) is 12.7. The lowest BCUT2D eigenvalue weighted by atomic mass is 10.0. The highest BCUT2D eigenvalue weighted by molar-refractivity contribution is 6.42. The Morgan fingerprint density at radius 2 is 1.59 bits per heavy atom. The highest BCUT2D eigenvalue weighted by Crippen LogP contribution is 2.32. The molecule has 0 aliphatic rings. The molecule has 0 aliphatic carbocycles. The molecule has 0 fully saturated rings. The van der Waals surface area contributed by atoms with Crippen LogP contribution in [0.25, 0.3) is 11.3 Å². The standard InChI is InChI=1S/C13H10Cl3N/c1-7-3-4-9(5-8(7)2)12-10(14)6-11(15)13(16)17-12/h3-6H,1-2H3. The van der Waals surface area contributed by atoms with Gasteiger partial charge in [-0.1, -0.05) is 46.9 Å². The van der Waals surface area contributed by atoms with Crippen molar-refractivity contribution in [3.63, 3.8) is 0 Å². The van der Waals surface area contributed by atoms with Gasteiger partial charge < -0.3 is 0 Å². The van der Waals surface area contributed by atoms with Gasteiger partial charge in [0.2, 0.25) is 0 Å². The van der Waals surface area contributed by atoms with Crippen LogP contribution in [0.3, 0.4) is 0 Å². The Hall–Kier alpha value is -0.760. The Bertz CT molecular complexity index is 579. The first-order chi connectivity index (χ1) is 7.99. The van der Waals surface area contributed by atoms with Crippen molar-refractivity contribution >= 4 is 34.8 Å². The van der Waals surface area contributed by atoms with Crippen LogP contribution in [0.2, 0.25) is 15.2 Å². The third-order valence-corrected chi connectivity index (χ3v) is 3.63. The van der Waals surface area contributed by atoms with Crippen LogP contribution in [0.5, 0.6) is 0 Å². The van der Waals surface area contributed by atoms with Crippen LogP contribution in [-0.4, -0.2) is 4.98 Å². The maximum Gasteiger partial charge on any atom is 0.148 e. The summed E-state index contributed by atoms with van der Waals surface area (Å²) >= 11 is 17.9. The monoisotopic (exact) mass is 285 g/mol. The van der Waals surface area contributed by atoms with E-state index < -0.39 is 0 Å². The quantitative estimate of drug-likeness (QED) is 0.646. The Labute approximate surface area is 115 Å². The molecule has 1 heterocycles. The summed E-state index contributed by atoms with van der Waals surface area (Å²) in [5.74, 6) is 0. The zero-order valence-electron chi connectivity index (χ0n) is 9.39. The van der Waals surface area contributed by atoms with Crippen LogP contribution >= 0.6 is 34.8 Å². The molecule has 1 aromatic heterocycles. The highest BCUT2D eigenvalue weighted by atomic mass is 35.5. The lowest BCUT2D eigenvalue weighted by molar-refractivity contribution is 1.29. The van der Waals surface area contributed by atoms with Crippen LogP contribution in [0, 0.1) is 13.8 Å². The van der Waals surface area contributed by atoms with Crippen LogP contribution in [-0.2, 0) is 0 Å². The van der Waals surface area contributed by atoms with E-state index in [-0.39, 0.29) is 5.15 Å². The fourth-order valence-electron chi connectivity index (χ4n) is 1.54. The van der Waals surface area contributed by atoms with E-state index >= 15 is 0 Å². The van der Waals surface area contributed by atoms with Crippen molar-refractivity contribution in [2.45, 2.75) is 13.8 Å². The number of rotatable bonds is 1. The largest absolute Gasteiger partial charge is 0.233 e. The molecule has 0 amide bonds. The maximum atomic E-state index is 6.12. The molecule has 0 radical (unpaired) electrons. The molecule has 0 bridgehead atoms. The molecule has 0 aliphatic heterocycles. The molecule has 17 heavy (non-hydrogen) atoms. The van der Waals surface area contributed by atoms with Crippen LogP contribution in [0.4, 0.5) is 0 Å². The molecule has 2 aromatic rings. The first-order valence-electron chi connectivity index (χ1n) is 5.08. The minimum Gasteiger partial charge on any atom is -0.233 e. The first-order valence-corrected chi connectivity index (χ1v) is 6.21. The smallest absolute Gasteiger partial charge is 0.148 e. The molecule has 0 spiro atoms. The minimum absolute atomic E-state index is 0.268. The van der Waals surface area contributed by atoms with Crippen molar-refractivity contribution in [2.75, 3.05) is 0 Å². The second-order valence-corrected chi connectivity index (χ2v) is 5.06. The van der Waals surface area contributed by atoms with E-state index in [9.17, 15) is 0 Å². The molecule has 0 saturated heterocycles. The second kappa shape index (κ2) is 4.85. The van der Waals surface area contributed by atoms with Gasteiger partial charge in [-0.2, -0.15) is 0 Å². The molecule has 1 nitrogen and oxygen atoms in total. The van der Waals surface area contributed by atoms with Gasteiger partial charge in [0.25, 0.3) is 0 Å². The van der Waals surface area contributed by atoms with Gasteiger partial charge in [-0.3, -0.25) is 0 Å². The van der Waals surface area contributed by atoms with E-state index in [1.54, 1.807) is 6.07 Å². The van der Waals surface area contributed by atoms with E-state index in [1.165, 1.54) is 11.1 Å². The Balaban J connectivity index is 2.60. The number of benzene rings is 1. The number of hydrogen-bond acceptors (Lipinski definition) is 1. The highest BCUT2D eigenvalue weighted by Gasteiger charge is 2.10. The molecular formula is C13H10Cl3N. The topological polar surface area (TPSA) is 12.9 Å². The van der Waals surface area contributed by atoms with Gasteiger partial charge in [-0.25, -0.2) is 4.98 Å². The van der Waals surface area contributed by atoms with Crippen molar-refractivity contribution < 1.29 is 0 Å². The number of hydrogen-bond donors (Lipinski definition) is 0. The summed E-state index contributed by atoms with van der Waals surface area (Å²) in [5, 5.41) is 1.14. The maximum absolute atomic E-state index is 6.12. The number of aromatic nitrogens is 1. The summed E-state index contributed by atoms with van der Waals surface area (Å²) in [6.45, 7) is 4.10. The van der Waals surface area contributed by atoms with Crippen molar-refractivity contribution in [2.24, 2.45) is 0 Å². The predicted octanol–water partition coefficient (Wildman–Crippen LogP) is 5.33. The Morgan fingerprint density at radius 3 is 2.24 bits per heavy atom. The van der Waals surface area contributed by atoms with E-state index in [1.807, 2.05) is 25.1 Å². The van der Waals surface area contributed by atoms with Crippen molar-refractivity contribution in [1.82, 2.24) is 4.98 Å². The number of aryl methyl sites for hydroxylation is 2. The van der Waals surface area contributed by atoms with Crippen LogP contribution in [0.1, 0.15) is 11.1 Å². The summed E-state index contributed by atoms with van der Waals surface area (Å²) in [6.07, 6.45) is 0. The van der Waals surface area contributed by atoms with Crippen LogP contribution < -0.4 is 0 Å². The third kappa shape index (κ3) is 2.57. The number of halogens is 3. The molecular weight excluding hydrogens is 277 g/mol. The molecule has 1 aromatic carbocycles. The zero-order chi connectivity index (χ0) is 12.6. The number of pyridine rings is 1. The van der Waals surface area contributed by atoms with Gasteiger partial charge in [-0.05, 0) is 37.1 Å². The molecule has 0 N–H and O–H groups in total. The van der Waals surface area contributed by atoms with Gasteiger partial charge in [0, 0.05) is 5.56 Å². The Morgan fingerprint density at radius 1 is 0.882 bits per heavy atom. The molecule has 4 heteroatoms. The normalized spacial score (nSPS) is 10.6. The van der Waals surface area contributed by atoms with E-state index in [0.29, 0.717) is 15.7 Å². The average Bonchev–Trinajstić information content (AvgIpc) is 2.27. The Kier molecular flexibility index (Phi) is 3.62. The van der Waals surface area contributed by atoms with Crippen molar-refractivity contribution in [3.8, 4) is 11.3 Å². The van der Waals surface area contributed by atoms with Gasteiger partial charge in [-0.15, -0.1) is 0 Å². The van der Waals surface area contributed by atoms with Crippen molar-refractivity contribution in [1.29, 1.82) is 0 Å². The van der Waals surface area contributed by atoms with Gasteiger partial charge in [0.15, 0.2) is 0 Å². The SMILES string of the molecule is Cc1ccc(-c2nc(Cl)c(Cl)cc2Cl)cc1C. The van der Waals surface area contributed by atoms with Crippen LogP contribution in [0.15, 0.2) is 24.3 Å². The lowest BCUT2D eigenvalue weighted by Gasteiger charge is -2.08. The van der Waals surface area contributed by atoms with E-state index in [0.717, 1.165) is 5.56 Å². The summed E-state index contributed by atoms with van der Waals surface area (Å²) < 4.78 is 0. The molecule has 0 saturated carbocycles. The van der Waals surface area contributed by atoms with E-state index in [2.05, 4.69) is 11.9 Å². The van der Waals surface area contributed by atoms with Gasteiger partial charge >= 0.3 is 0 Å². The third-order valence-electron chi connectivity index (χ3n) is 2.67. The zero-order valence-corrected chi connectivity index (χ0v) is 11.7. The lowest BCUT2D eigenvalue weighted by Crippen LogP contribution is -1.89. The summed E-state index contributed by atoms with van der Waals surface area (Å²) in [5.41, 5.74) is 4.01. The molecule has 0 unspecified atom stereocenters. The fraction of sp³-hybridized carbons (Fsp3) is 0.154. The predicted molar refractivity (Wildman–Crippen MR) is 74.2 cm³/mol. The molecule has 88 valence electrons.